The van der Waals surface area contributed by atoms with Crippen LogP contribution in [0.15, 0.2) is 39.9 Å². The lowest BCUT2D eigenvalue weighted by Crippen LogP contribution is -3.12. The van der Waals surface area contributed by atoms with Gasteiger partial charge in [0, 0.05) is 56.2 Å². The van der Waals surface area contributed by atoms with Gasteiger partial charge in [-0.05, 0) is 19.1 Å². The molecule has 3 atom stereocenters. The van der Waals surface area contributed by atoms with Crippen molar-refractivity contribution in [2.75, 3.05) is 32.8 Å². The molecule has 2 fully saturated rings. The molecule has 0 radical (unpaired) electrons. The first-order valence-electron chi connectivity index (χ1n) is 11.4. The van der Waals surface area contributed by atoms with Gasteiger partial charge in [0.2, 0.25) is 0 Å². The van der Waals surface area contributed by atoms with Crippen molar-refractivity contribution in [1.82, 2.24) is 19.5 Å². The molecule has 11 heteroatoms. The number of rotatable bonds is 7. The molecule has 2 saturated heterocycles. The predicted octanol–water partition coefficient (Wildman–Crippen LogP) is 0.554. The van der Waals surface area contributed by atoms with Crippen LogP contribution < -0.4 is 15.6 Å². The molecule has 2 aliphatic rings. The Morgan fingerprint density at radius 2 is 2.18 bits per heavy atom. The molecule has 0 aromatic carbocycles. The fourth-order valence-corrected chi connectivity index (χ4v) is 4.49. The monoisotopic (exact) mass is 471 g/mol. The molecule has 11 nitrogen and oxygen atoms in total. The largest absolute Gasteiger partial charge is 0.579 e. The second kappa shape index (κ2) is 9.45. The summed E-state index contributed by atoms with van der Waals surface area (Å²) in [6.07, 6.45) is 6.17. The molecule has 0 aliphatic carbocycles. The SMILES string of the molecule is C[C@@H]1CN([NH+]([O-])O)CCN1Cc1cc2c(=O)n(C)cc(-c3ccncc3OC[C@H]3CCO3)c2o1. The summed E-state index contributed by atoms with van der Waals surface area (Å²) in [6, 6.07) is 3.68. The molecule has 182 valence electrons. The molecule has 2 N–H and O–H groups in total. The third-order valence-electron chi connectivity index (χ3n) is 6.59. The zero-order valence-electron chi connectivity index (χ0n) is 19.3. The van der Waals surface area contributed by atoms with Gasteiger partial charge in [0.1, 0.15) is 23.7 Å². The second-order valence-corrected chi connectivity index (χ2v) is 8.93. The lowest BCUT2D eigenvalue weighted by molar-refractivity contribution is -1.14. The number of furan rings is 1. The fourth-order valence-electron chi connectivity index (χ4n) is 4.49. The maximum absolute atomic E-state index is 12.9. The molecule has 2 aliphatic heterocycles. The van der Waals surface area contributed by atoms with E-state index in [-0.39, 0.29) is 17.7 Å². The number of quaternary nitrogens is 1. The number of aromatic nitrogens is 2. The van der Waals surface area contributed by atoms with Gasteiger partial charge in [0.25, 0.3) is 5.56 Å². The van der Waals surface area contributed by atoms with Crippen molar-refractivity contribution in [1.29, 1.82) is 0 Å². The lowest BCUT2D eigenvalue weighted by atomic mass is 10.1. The summed E-state index contributed by atoms with van der Waals surface area (Å²) in [5.74, 6) is 1.27. The van der Waals surface area contributed by atoms with E-state index in [9.17, 15) is 15.2 Å². The Bertz CT molecular complexity index is 1220. The Kier molecular flexibility index (Phi) is 6.38. The second-order valence-electron chi connectivity index (χ2n) is 8.93. The van der Waals surface area contributed by atoms with Crippen molar-refractivity contribution < 1.29 is 24.4 Å². The van der Waals surface area contributed by atoms with Crippen molar-refractivity contribution in [3.05, 3.63) is 52.0 Å². The molecule has 0 saturated carbocycles. The average molecular weight is 472 g/mol. The van der Waals surface area contributed by atoms with Gasteiger partial charge in [-0.15, -0.1) is 10.3 Å². The smallest absolute Gasteiger partial charge is 0.261 e. The summed E-state index contributed by atoms with van der Waals surface area (Å²) < 4.78 is 19.3. The first kappa shape index (κ1) is 23.0. The molecule has 5 heterocycles. The summed E-state index contributed by atoms with van der Waals surface area (Å²) >= 11 is 0. The molecule has 0 spiro atoms. The van der Waals surface area contributed by atoms with E-state index in [0.717, 1.165) is 24.2 Å². The number of aryl methyl sites for hydroxylation is 1. The van der Waals surface area contributed by atoms with Gasteiger partial charge in [-0.25, -0.2) is 0 Å². The van der Waals surface area contributed by atoms with Crippen molar-refractivity contribution in [2.45, 2.75) is 32.0 Å². The van der Waals surface area contributed by atoms with Gasteiger partial charge in [0.15, 0.2) is 0 Å². The van der Waals surface area contributed by atoms with Gasteiger partial charge in [0.05, 0.1) is 37.3 Å². The van der Waals surface area contributed by atoms with Gasteiger partial charge in [-0.2, -0.15) is 5.21 Å². The lowest BCUT2D eigenvalue weighted by Gasteiger charge is -2.39. The first-order valence-corrected chi connectivity index (χ1v) is 11.4. The van der Waals surface area contributed by atoms with Crippen molar-refractivity contribution in [2.24, 2.45) is 7.05 Å². The van der Waals surface area contributed by atoms with E-state index < -0.39 is 5.34 Å². The highest BCUT2D eigenvalue weighted by atomic mass is 16.8. The number of nitrogens with zero attached hydrogens (tertiary/aromatic N) is 4. The van der Waals surface area contributed by atoms with Crippen molar-refractivity contribution >= 4 is 11.0 Å². The molecule has 0 amide bonds. The number of nitrogens with one attached hydrogen (secondary N) is 1. The van der Waals surface area contributed by atoms with Crippen LogP contribution in [0.1, 0.15) is 19.1 Å². The zero-order chi connectivity index (χ0) is 23.8. The molecule has 3 aromatic heterocycles. The highest BCUT2D eigenvalue weighted by molar-refractivity contribution is 5.93. The van der Waals surface area contributed by atoms with Gasteiger partial charge in [-0.3, -0.25) is 14.7 Å². The summed E-state index contributed by atoms with van der Waals surface area (Å²) in [5.41, 5.74) is 1.90. The Morgan fingerprint density at radius 3 is 2.88 bits per heavy atom. The molecule has 0 bridgehead atoms. The number of fused-ring (bicyclic) bond motifs is 1. The fraction of sp³-hybridized carbons (Fsp3) is 0.478. The minimum Gasteiger partial charge on any atom is -0.579 e. The minimum absolute atomic E-state index is 0.0364. The maximum atomic E-state index is 12.9. The predicted molar refractivity (Wildman–Crippen MR) is 122 cm³/mol. The van der Waals surface area contributed by atoms with Crippen LogP contribution in [0.2, 0.25) is 0 Å². The topological polar surface area (TPSA) is 121 Å². The van der Waals surface area contributed by atoms with E-state index in [4.69, 9.17) is 13.9 Å². The quantitative estimate of drug-likeness (QED) is 0.476. The van der Waals surface area contributed by atoms with E-state index in [0.29, 0.717) is 55.3 Å². The molecular formula is C23H29N5O6. The average Bonchev–Trinajstić information content (AvgIpc) is 3.21. The Morgan fingerprint density at radius 1 is 1.35 bits per heavy atom. The van der Waals surface area contributed by atoms with Crippen LogP contribution in [-0.4, -0.2) is 69.7 Å². The van der Waals surface area contributed by atoms with Crippen LogP contribution in [0.25, 0.3) is 22.1 Å². The number of ether oxygens (including phenoxy) is 2. The van der Waals surface area contributed by atoms with Crippen LogP contribution in [-0.2, 0) is 18.3 Å². The number of piperazine rings is 1. The van der Waals surface area contributed by atoms with E-state index in [1.165, 1.54) is 5.01 Å². The van der Waals surface area contributed by atoms with Crippen LogP contribution in [0.5, 0.6) is 5.75 Å². The molecule has 34 heavy (non-hydrogen) atoms. The highest BCUT2D eigenvalue weighted by Gasteiger charge is 2.28. The summed E-state index contributed by atoms with van der Waals surface area (Å²) in [7, 11) is 1.72. The summed E-state index contributed by atoms with van der Waals surface area (Å²) in [4.78, 5) is 19.3. The van der Waals surface area contributed by atoms with Gasteiger partial charge >= 0.3 is 0 Å². The number of hydrogen-bond acceptors (Lipinski definition) is 9. The van der Waals surface area contributed by atoms with Gasteiger partial charge < -0.3 is 23.7 Å². The molecule has 1 unspecified atom stereocenters. The third-order valence-corrected chi connectivity index (χ3v) is 6.59. The van der Waals surface area contributed by atoms with Crippen LogP contribution in [0, 0.1) is 5.21 Å². The van der Waals surface area contributed by atoms with E-state index in [2.05, 4.69) is 9.88 Å². The van der Waals surface area contributed by atoms with E-state index in [1.807, 2.05) is 13.0 Å². The molecular weight excluding hydrogens is 442 g/mol. The highest BCUT2D eigenvalue weighted by Crippen LogP contribution is 2.35. The standard InChI is InChI=1S/C23H29N5O6/c1-15-11-27(28(30)31)7-6-26(15)12-17-9-19-22(34-17)20(13-25(2)23(19)29)18-3-5-24-10-21(18)33-14-16-4-8-32-16/h3,5,9-10,13,15-16,28,30H,4,6-8,11-12,14H2,1-2H3/t15-,16-/m1/s1. The van der Waals surface area contributed by atoms with Crippen LogP contribution >= 0.6 is 0 Å². The maximum Gasteiger partial charge on any atom is 0.261 e. The Labute approximate surface area is 196 Å². The number of hydrogen-bond donors (Lipinski definition) is 2. The molecule has 3 aromatic rings. The summed E-state index contributed by atoms with van der Waals surface area (Å²) in [6.45, 7) is 5.16. The Hall–Kier alpha value is -2.80. The third kappa shape index (κ3) is 4.45. The van der Waals surface area contributed by atoms with E-state index in [1.54, 1.807) is 36.3 Å². The van der Waals surface area contributed by atoms with Crippen molar-refractivity contribution in [3.63, 3.8) is 0 Å². The first-order chi connectivity index (χ1) is 16.4. The van der Waals surface area contributed by atoms with E-state index >= 15 is 0 Å². The van der Waals surface area contributed by atoms with Gasteiger partial charge in [-0.1, -0.05) is 0 Å². The van der Waals surface area contributed by atoms with Crippen molar-refractivity contribution in [3.8, 4) is 16.9 Å². The van der Waals surface area contributed by atoms with Crippen LogP contribution in [0.4, 0.5) is 0 Å². The zero-order valence-corrected chi connectivity index (χ0v) is 19.3. The number of pyridine rings is 2. The minimum atomic E-state index is -0.900. The van der Waals surface area contributed by atoms with Crippen LogP contribution in [0.3, 0.4) is 0 Å². The Balaban J connectivity index is 1.46. The normalized spacial score (nSPS) is 22.6. The molecule has 5 rings (SSSR count). The summed E-state index contributed by atoms with van der Waals surface area (Å²) in [5, 5.41) is 21.6.